The largest absolute Gasteiger partial charge is 0.486 e. The number of piperazine rings is 1. The summed E-state index contributed by atoms with van der Waals surface area (Å²) < 4.78 is 11.0. The van der Waals surface area contributed by atoms with Gasteiger partial charge in [0.05, 0.1) is 0 Å². The maximum Gasteiger partial charge on any atom is 0.254 e. The predicted molar refractivity (Wildman–Crippen MR) is 89.4 cm³/mol. The van der Waals surface area contributed by atoms with Crippen molar-refractivity contribution in [3.63, 3.8) is 0 Å². The van der Waals surface area contributed by atoms with Crippen molar-refractivity contribution in [2.75, 3.05) is 39.4 Å². The highest BCUT2D eigenvalue weighted by Crippen LogP contribution is 2.31. The first-order chi connectivity index (χ1) is 11.4. The van der Waals surface area contributed by atoms with Gasteiger partial charge in [0, 0.05) is 37.2 Å². The zero-order valence-corrected chi connectivity index (χ0v) is 14.5. The van der Waals surface area contributed by atoms with Gasteiger partial charge in [-0.25, -0.2) is 0 Å². The van der Waals surface area contributed by atoms with E-state index in [-0.39, 0.29) is 17.2 Å². The third kappa shape index (κ3) is 3.32. The van der Waals surface area contributed by atoms with E-state index in [9.17, 15) is 9.59 Å². The van der Waals surface area contributed by atoms with Gasteiger partial charge in [-0.15, -0.1) is 0 Å². The minimum Gasteiger partial charge on any atom is -0.486 e. The Bertz CT molecular complexity index is 643. The van der Waals surface area contributed by atoms with E-state index in [1.165, 1.54) is 0 Å². The molecule has 2 aliphatic heterocycles. The van der Waals surface area contributed by atoms with Crippen LogP contribution in [0.5, 0.6) is 11.5 Å². The molecule has 0 aliphatic carbocycles. The van der Waals surface area contributed by atoms with Gasteiger partial charge < -0.3 is 19.3 Å². The number of rotatable bonds is 1. The summed E-state index contributed by atoms with van der Waals surface area (Å²) in [5.41, 5.74) is 0.206. The normalized spacial score (nSPS) is 17.6. The molecule has 0 radical (unpaired) electrons. The number of benzene rings is 1. The molecule has 2 aliphatic rings. The minimum absolute atomic E-state index is 0.0326. The number of fused-ring (bicyclic) bond motifs is 1. The Hall–Kier alpha value is -2.24. The quantitative estimate of drug-likeness (QED) is 0.787. The van der Waals surface area contributed by atoms with Crippen LogP contribution in [0.4, 0.5) is 0 Å². The number of hydrogen-bond donors (Lipinski definition) is 0. The van der Waals surface area contributed by atoms with Crippen molar-refractivity contribution in [2.24, 2.45) is 5.41 Å². The third-order valence-corrected chi connectivity index (χ3v) is 4.28. The summed E-state index contributed by atoms with van der Waals surface area (Å²) in [7, 11) is 0. The Morgan fingerprint density at radius 3 is 2.12 bits per heavy atom. The van der Waals surface area contributed by atoms with E-state index in [0.29, 0.717) is 56.5 Å². The summed E-state index contributed by atoms with van der Waals surface area (Å²) in [6, 6.07) is 5.28. The van der Waals surface area contributed by atoms with Crippen molar-refractivity contribution in [1.29, 1.82) is 0 Å². The van der Waals surface area contributed by atoms with Crippen LogP contribution in [0, 0.1) is 5.41 Å². The Balaban J connectivity index is 1.64. The van der Waals surface area contributed by atoms with Gasteiger partial charge in [-0.3, -0.25) is 9.59 Å². The topological polar surface area (TPSA) is 59.1 Å². The predicted octanol–water partition coefficient (Wildman–Crippen LogP) is 1.79. The molecule has 0 aromatic heterocycles. The average molecular weight is 332 g/mol. The number of nitrogens with zero attached hydrogens (tertiary/aromatic N) is 2. The Morgan fingerprint density at radius 2 is 1.50 bits per heavy atom. The first-order valence-electron chi connectivity index (χ1n) is 8.34. The standard InChI is InChI=1S/C18H24N2O4/c1-18(2,3)17(22)20-8-6-19(7-9-20)16(21)13-4-5-14-15(12-13)24-11-10-23-14/h4-5,12H,6-11H2,1-3H3. The fraction of sp³-hybridized carbons (Fsp3) is 0.556. The second-order valence-electron chi connectivity index (χ2n) is 7.19. The van der Waals surface area contributed by atoms with Gasteiger partial charge in [0.2, 0.25) is 5.91 Å². The van der Waals surface area contributed by atoms with Crippen LogP contribution in [-0.4, -0.2) is 61.0 Å². The Kier molecular flexibility index (Phi) is 4.39. The molecule has 6 nitrogen and oxygen atoms in total. The number of hydrogen-bond acceptors (Lipinski definition) is 4. The van der Waals surface area contributed by atoms with Crippen LogP contribution in [0.2, 0.25) is 0 Å². The van der Waals surface area contributed by atoms with Crippen LogP contribution >= 0.6 is 0 Å². The van der Waals surface area contributed by atoms with Gasteiger partial charge in [-0.1, -0.05) is 20.8 Å². The molecule has 2 heterocycles. The molecule has 0 atom stereocenters. The second kappa shape index (κ2) is 6.34. The SMILES string of the molecule is CC(C)(C)C(=O)N1CCN(C(=O)c2ccc3c(c2)OCCO3)CC1. The summed E-state index contributed by atoms with van der Waals surface area (Å²) in [6.07, 6.45) is 0. The zero-order chi connectivity index (χ0) is 17.3. The minimum atomic E-state index is -0.387. The molecule has 2 amide bonds. The lowest BCUT2D eigenvalue weighted by Gasteiger charge is -2.37. The number of amides is 2. The van der Waals surface area contributed by atoms with Crippen LogP contribution < -0.4 is 9.47 Å². The summed E-state index contributed by atoms with van der Waals surface area (Å²) in [5, 5.41) is 0. The first-order valence-corrected chi connectivity index (χ1v) is 8.34. The maximum atomic E-state index is 12.7. The summed E-state index contributed by atoms with van der Waals surface area (Å²) in [5.74, 6) is 1.40. The molecule has 0 bridgehead atoms. The van der Waals surface area contributed by atoms with Gasteiger partial charge in [0.1, 0.15) is 13.2 Å². The number of ether oxygens (including phenoxy) is 2. The van der Waals surface area contributed by atoms with Crippen molar-refractivity contribution in [3.8, 4) is 11.5 Å². The van der Waals surface area contributed by atoms with Crippen molar-refractivity contribution in [2.45, 2.75) is 20.8 Å². The molecule has 0 N–H and O–H groups in total. The molecule has 24 heavy (non-hydrogen) atoms. The highest BCUT2D eigenvalue weighted by atomic mass is 16.6. The lowest BCUT2D eigenvalue weighted by Crippen LogP contribution is -2.53. The van der Waals surface area contributed by atoms with E-state index >= 15 is 0 Å². The molecule has 1 saturated heterocycles. The van der Waals surface area contributed by atoms with Gasteiger partial charge in [-0.05, 0) is 18.2 Å². The monoisotopic (exact) mass is 332 g/mol. The summed E-state index contributed by atoms with van der Waals surface area (Å²) in [6.45, 7) is 9.04. The molecular formula is C18H24N2O4. The van der Waals surface area contributed by atoms with E-state index in [4.69, 9.17) is 9.47 Å². The Labute approximate surface area is 142 Å². The molecular weight excluding hydrogens is 308 g/mol. The highest BCUT2D eigenvalue weighted by Gasteiger charge is 2.31. The van der Waals surface area contributed by atoms with E-state index in [2.05, 4.69) is 0 Å². The van der Waals surface area contributed by atoms with Crippen LogP contribution in [0.15, 0.2) is 18.2 Å². The highest BCUT2D eigenvalue weighted by molar-refractivity contribution is 5.95. The molecule has 0 unspecified atom stereocenters. The maximum absolute atomic E-state index is 12.7. The van der Waals surface area contributed by atoms with Crippen molar-refractivity contribution < 1.29 is 19.1 Å². The van der Waals surface area contributed by atoms with Crippen LogP contribution in [0.1, 0.15) is 31.1 Å². The van der Waals surface area contributed by atoms with Gasteiger partial charge in [0.25, 0.3) is 5.91 Å². The summed E-state index contributed by atoms with van der Waals surface area (Å²) in [4.78, 5) is 28.6. The van der Waals surface area contributed by atoms with Gasteiger partial charge in [0.15, 0.2) is 11.5 Å². The Morgan fingerprint density at radius 1 is 0.917 bits per heavy atom. The van der Waals surface area contributed by atoms with Crippen molar-refractivity contribution in [3.05, 3.63) is 23.8 Å². The van der Waals surface area contributed by atoms with E-state index in [0.717, 1.165) is 0 Å². The van der Waals surface area contributed by atoms with E-state index < -0.39 is 0 Å². The van der Waals surface area contributed by atoms with Crippen molar-refractivity contribution in [1.82, 2.24) is 9.80 Å². The molecule has 6 heteroatoms. The molecule has 1 aromatic carbocycles. The zero-order valence-electron chi connectivity index (χ0n) is 14.5. The van der Waals surface area contributed by atoms with Gasteiger partial charge in [-0.2, -0.15) is 0 Å². The molecule has 130 valence electrons. The lowest BCUT2D eigenvalue weighted by atomic mass is 9.94. The molecule has 3 rings (SSSR count). The molecule has 1 fully saturated rings. The van der Waals surface area contributed by atoms with E-state index in [1.54, 1.807) is 23.1 Å². The third-order valence-electron chi connectivity index (χ3n) is 4.28. The molecule has 0 saturated carbocycles. The fourth-order valence-electron chi connectivity index (χ4n) is 2.95. The molecule has 1 aromatic rings. The van der Waals surface area contributed by atoms with Crippen LogP contribution in [-0.2, 0) is 4.79 Å². The summed E-state index contributed by atoms with van der Waals surface area (Å²) >= 11 is 0. The smallest absolute Gasteiger partial charge is 0.254 e. The van der Waals surface area contributed by atoms with Gasteiger partial charge >= 0.3 is 0 Å². The number of carbonyl (C=O) groups is 2. The first kappa shape index (κ1) is 16.6. The van der Waals surface area contributed by atoms with Crippen LogP contribution in [0.3, 0.4) is 0 Å². The lowest BCUT2D eigenvalue weighted by molar-refractivity contribution is -0.140. The van der Waals surface area contributed by atoms with Crippen molar-refractivity contribution >= 4 is 11.8 Å². The van der Waals surface area contributed by atoms with Crippen LogP contribution in [0.25, 0.3) is 0 Å². The second-order valence-corrected chi connectivity index (χ2v) is 7.19. The molecule has 0 spiro atoms. The average Bonchev–Trinajstić information content (AvgIpc) is 2.59. The van der Waals surface area contributed by atoms with E-state index in [1.807, 2.05) is 25.7 Å². The number of carbonyl (C=O) groups excluding carboxylic acids is 2. The fourth-order valence-corrected chi connectivity index (χ4v) is 2.95.